The topological polar surface area (TPSA) is 237 Å². The maximum Gasteiger partial charge on any atom is 0.472 e. The second-order valence-corrected chi connectivity index (χ2v) is 34.1. The van der Waals surface area contributed by atoms with Gasteiger partial charge >= 0.3 is 39.5 Å². The molecule has 5 atom stereocenters. The number of carbonyl (C=O) groups excluding carboxylic acids is 4. The predicted octanol–water partition coefficient (Wildman–Crippen LogP) is 25.5. The fourth-order valence-corrected chi connectivity index (χ4v) is 14.6. The van der Waals surface area contributed by atoms with Gasteiger partial charge in [0.1, 0.15) is 19.3 Å². The zero-order valence-corrected chi connectivity index (χ0v) is 69.4. The Bertz CT molecular complexity index is 1980. The van der Waals surface area contributed by atoms with Crippen LogP contribution in [0.15, 0.2) is 0 Å². The minimum absolute atomic E-state index is 0.108. The number of hydrogen-bond acceptors (Lipinski definition) is 15. The van der Waals surface area contributed by atoms with Gasteiger partial charge in [-0.1, -0.05) is 395 Å². The van der Waals surface area contributed by atoms with E-state index in [1.807, 2.05) is 0 Å². The third-order valence-corrected chi connectivity index (χ3v) is 21.6. The first kappa shape index (κ1) is 101. The van der Waals surface area contributed by atoms with Gasteiger partial charge in [0.2, 0.25) is 0 Å². The van der Waals surface area contributed by atoms with Gasteiger partial charge in [-0.15, -0.1) is 0 Å². The van der Waals surface area contributed by atoms with Crippen LogP contribution in [-0.4, -0.2) is 96.7 Å². The van der Waals surface area contributed by atoms with Crippen LogP contribution in [0.3, 0.4) is 0 Å². The molecular weight excluding hydrogens is 1340 g/mol. The number of aliphatic hydroxyl groups excluding tert-OH is 1. The normalized spacial score (nSPS) is 13.9. The third-order valence-electron chi connectivity index (χ3n) is 19.7. The molecule has 0 bridgehead atoms. The molecule has 0 spiro atoms. The fraction of sp³-hybridized carbons (Fsp3) is 0.952. The van der Waals surface area contributed by atoms with Gasteiger partial charge in [-0.05, 0) is 37.5 Å². The summed E-state index contributed by atoms with van der Waals surface area (Å²) in [5.41, 5.74) is 0. The lowest BCUT2D eigenvalue weighted by Gasteiger charge is -2.21. The number of carbonyl (C=O) groups is 4. The van der Waals surface area contributed by atoms with Crippen LogP contribution in [-0.2, 0) is 65.4 Å². The minimum atomic E-state index is -4.96. The number of esters is 4. The van der Waals surface area contributed by atoms with Crippen molar-refractivity contribution in [3.63, 3.8) is 0 Å². The SMILES string of the molecule is CCCCCCCCCCCCCCCCCCCCCC(=O)O[C@H](COC(=O)CCCCCCCCCCCCCCCCC(C)C)COP(=O)(O)OC[C@@H](O)COP(=O)(O)OC[C@@H](COC(=O)CCCCCCCCCCCC)OC(=O)CCCCCCCCCCCCCCCCC(C)C. The molecule has 17 nitrogen and oxygen atoms in total. The molecule has 2 unspecified atom stereocenters. The Hall–Kier alpha value is -1.94. The van der Waals surface area contributed by atoms with Gasteiger partial charge in [-0.3, -0.25) is 37.3 Å². The van der Waals surface area contributed by atoms with Crippen molar-refractivity contribution in [2.24, 2.45) is 11.8 Å². The highest BCUT2D eigenvalue weighted by Crippen LogP contribution is 2.45. The van der Waals surface area contributed by atoms with E-state index in [0.717, 1.165) is 102 Å². The molecular formula is C84H164O17P2. The van der Waals surface area contributed by atoms with E-state index in [4.69, 9.17) is 37.0 Å². The number of hydrogen-bond donors (Lipinski definition) is 3. The van der Waals surface area contributed by atoms with Crippen LogP contribution in [0.2, 0.25) is 0 Å². The summed E-state index contributed by atoms with van der Waals surface area (Å²) in [6.07, 6.45) is 66.6. The molecule has 0 amide bonds. The summed E-state index contributed by atoms with van der Waals surface area (Å²) < 4.78 is 68.8. The predicted molar refractivity (Wildman–Crippen MR) is 423 cm³/mol. The van der Waals surface area contributed by atoms with Crippen molar-refractivity contribution in [3.05, 3.63) is 0 Å². The van der Waals surface area contributed by atoms with Crippen LogP contribution < -0.4 is 0 Å². The van der Waals surface area contributed by atoms with E-state index >= 15 is 0 Å². The van der Waals surface area contributed by atoms with Crippen molar-refractivity contribution in [1.82, 2.24) is 0 Å². The Morgan fingerprint density at radius 2 is 0.447 bits per heavy atom. The molecule has 0 aliphatic carbocycles. The lowest BCUT2D eigenvalue weighted by Crippen LogP contribution is -2.30. The van der Waals surface area contributed by atoms with E-state index in [1.165, 1.54) is 263 Å². The van der Waals surface area contributed by atoms with E-state index in [1.54, 1.807) is 0 Å². The number of rotatable bonds is 83. The summed E-state index contributed by atoms with van der Waals surface area (Å²) in [5, 5.41) is 10.7. The standard InChI is InChI=1S/C84H164O17P2/c1-7-9-11-13-15-17-19-20-21-22-23-24-25-33-38-44-50-56-62-68-83(88)101-80(73-95-82(87)67-61-55-49-43-37-32-28-26-30-35-40-46-52-58-64-76(3)4)75-99-103(92,93)97-71-78(85)70-96-102(90,91)98-74-79(72-94-81(86)66-60-54-48-42-18-16-14-12-10-8-2)100-84(89)69-63-57-51-45-39-34-29-27-31-36-41-47-53-59-65-77(5)6/h76-80,85H,7-75H2,1-6H3,(H,90,91)(H,92,93)/t78-,79+,80+/m0/s1. The van der Waals surface area contributed by atoms with Crippen molar-refractivity contribution in [1.29, 1.82) is 0 Å². The van der Waals surface area contributed by atoms with Crippen molar-refractivity contribution in [3.8, 4) is 0 Å². The van der Waals surface area contributed by atoms with E-state index in [9.17, 15) is 43.2 Å². The van der Waals surface area contributed by atoms with Crippen molar-refractivity contribution in [2.75, 3.05) is 39.6 Å². The summed E-state index contributed by atoms with van der Waals surface area (Å²) in [6.45, 7) is 9.70. The first-order valence-electron chi connectivity index (χ1n) is 43.5. The second kappa shape index (κ2) is 75.5. The molecule has 0 aliphatic heterocycles. The average molecular weight is 1510 g/mol. The summed E-state index contributed by atoms with van der Waals surface area (Å²) in [6, 6.07) is 0. The van der Waals surface area contributed by atoms with Crippen LogP contribution in [0.4, 0.5) is 0 Å². The van der Waals surface area contributed by atoms with Gasteiger partial charge < -0.3 is 33.8 Å². The zero-order valence-electron chi connectivity index (χ0n) is 67.6. The molecule has 0 saturated carbocycles. The molecule has 103 heavy (non-hydrogen) atoms. The van der Waals surface area contributed by atoms with Gasteiger partial charge in [-0.2, -0.15) is 0 Å². The molecule has 0 rings (SSSR count). The highest BCUT2D eigenvalue weighted by atomic mass is 31.2. The Balaban J connectivity index is 5.23. The summed E-state index contributed by atoms with van der Waals surface area (Å²) in [5.74, 6) is -0.509. The van der Waals surface area contributed by atoms with Gasteiger partial charge in [0.25, 0.3) is 0 Å². The molecule has 3 N–H and O–H groups in total. The van der Waals surface area contributed by atoms with Crippen LogP contribution in [0.1, 0.15) is 446 Å². The summed E-state index contributed by atoms with van der Waals surface area (Å²) in [7, 11) is -9.92. The van der Waals surface area contributed by atoms with Gasteiger partial charge in [0.05, 0.1) is 26.4 Å². The molecule has 0 saturated heterocycles. The lowest BCUT2D eigenvalue weighted by molar-refractivity contribution is -0.161. The fourth-order valence-electron chi connectivity index (χ4n) is 13.1. The van der Waals surface area contributed by atoms with Gasteiger partial charge in [0, 0.05) is 25.7 Å². The molecule has 0 aromatic carbocycles. The van der Waals surface area contributed by atoms with E-state index in [2.05, 4.69) is 41.5 Å². The highest BCUT2D eigenvalue weighted by Gasteiger charge is 2.30. The van der Waals surface area contributed by atoms with Gasteiger partial charge in [-0.25, -0.2) is 9.13 Å². The molecule has 0 radical (unpaired) electrons. The van der Waals surface area contributed by atoms with Crippen LogP contribution in [0, 0.1) is 11.8 Å². The molecule has 0 aromatic rings. The number of unbranched alkanes of at least 4 members (excludes halogenated alkanes) is 53. The second-order valence-electron chi connectivity index (χ2n) is 31.2. The molecule has 0 fully saturated rings. The Morgan fingerprint density at radius 3 is 0.660 bits per heavy atom. The van der Waals surface area contributed by atoms with Crippen LogP contribution >= 0.6 is 15.6 Å². The summed E-state index contributed by atoms with van der Waals surface area (Å²) in [4.78, 5) is 73.1. The molecule has 612 valence electrons. The first-order chi connectivity index (χ1) is 49.9. The maximum atomic E-state index is 13.1. The summed E-state index contributed by atoms with van der Waals surface area (Å²) >= 11 is 0. The third kappa shape index (κ3) is 78.0. The number of ether oxygens (including phenoxy) is 4. The highest BCUT2D eigenvalue weighted by molar-refractivity contribution is 7.47. The molecule has 19 heteroatoms. The van der Waals surface area contributed by atoms with Gasteiger partial charge in [0.15, 0.2) is 12.2 Å². The van der Waals surface area contributed by atoms with Crippen molar-refractivity contribution < 1.29 is 80.2 Å². The monoisotopic (exact) mass is 1510 g/mol. The van der Waals surface area contributed by atoms with E-state index in [-0.39, 0.29) is 25.7 Å². The Morgan fingerprint density at radius 1 is 0.262 bits per heavy atom. The lowest BCUT2D eigenvalue weighted by atomic mass is 10.0. The van der Waals surface area contributed by atoms with Crippen molar-refractivity contribution in [2.45, 2.75) is 464 Å². The smallest absolute Gasteiger partial charge is 0.462 e. The zero-order chi connectivity index (χ0) is 75.6. The Labute approximate surface area is 632 Å². The molecule has 0 heterocycles. The molecule has 0 aliphatic rings. The largest absolute Gasteiger partial charge is 0.472 e. The number of phosphoric acid groups is 2. The molecule has 0 aromatic heterocycles. The minimum Gasteiger partial charge on any atom is -0.462 e. The van der Waals surface area contributed by atoms with Crippen molar-refractivity contribution >= 4 is 39.5 Å². The van der Waals surface area contributed by atoms with E-state index < -0.39 is 97.5 Å². The quantitative estimate of drug-likeness (QED) is 0.0222. The number of phosphoric ester groups is 2. The van der Waals surface area contributed by atoms with Crippen LogP contribution in [0.5, 0.6) is 0 Å². The average Bonchev–Trinajstić information content (AvgIpc) is 0.918. The van der Waals surface area contributed by atoms with Crippen LogP contribution in [0.25, 0.3) is 0 Å². The van der Waals surface area contributed by atoms with E-state index in [0.29, 0.717) is 25.7 Å². The number of aliphatic hydroxyl groups is 1. The first-order valence-corrected chi connectivity index (χ1v) is 46.5. The maximum absolute atomic E-state index is 13.1. The Kier molecular flexibility index (Phi) is 74.1.